The Morgan fingerprint density at radius 2 is 1.69 bits per heavy atom. The Morgan fingerprint density at radius 3 is 2.28 bits per heavy atom. The number of hydrogen-bond donors (Lipinski definition) is 0. The van der Waals surface area contributed by atoms with Gasteiger partial charge in [0, 0.05) is 52.1 Å². The molecule has 3 rings (SSSR count). The standard InChI is InChI=1S/C23H35N3O3/c1-4-24(5-2)23(28)26-15-20(17-29-21-9-7-6-8-10-21)22(16-26)19-11-13-25(14-12-19)18(3)27/h6-10,19-20,22H,4-5,11-17H2,1-3H3. The Labute approximate surface area is 174 Å². The molecule has 2 aliphatic heterocycles. The van der Waals surface area contributed by atoms with Gasteiger partial charge in [0.15, 0.2) is 0 Å². The number of piperidine rings is 1. The highest BCUT2D eigenvalue weighted by Gasteiger charge is 2.41. The van der Waals surface area contributed by atoms with Gasteiger partial charge in [-0.25, -0.2) is 4.79 Å². The Balaban J connectivity index is 1.68. The van der Waals surface area contributed by atoms with Gasteiger partial charge >= 0.3 is 6.03 Å². The maximum Gasteiger partial charge on any atom is 0.319 e. The topological polar surface area (TPSA) is 53.1 Å². The van der Waals surface area contributed by atoms with Crippen molar-refractivity contribution in [3.8, 4) is 5.75 Å². The van der Waals surface area contributed by atoms with Gasteiger partial charge in [0.05, 0.1) is 6.61 Å². The summed E-state index contributed by atoms with van der Waals surface area (Å²) in [6.07, 6.45) is 2.03. The molecule has 1 aromatic carbocycles. The number of urea groups is 1. The monoisotopic (exact) mass is 401 g/mol. The Hall–Kier alpha value is -2.24. The van der Waals surface area contributed by atoms with Crippen LogP contribution in [0.4, 0.5) is 4.79 Å². The smallest absolute Gasteiger partial charge is 0.319 e. The van der Waals surface area contributed by atoms with Crippen molar-refractivity contribution in [2.24, 2.45) is 17.8 Å². The van der Waals surface area contributed by atoms with E-state index in [2.05, 4.69) is 0 Å². The molecule has 3 amide bonds. The summed E-state index contributed by atoms with van der Waals surface area (Å²) in [5.41, 5.74) is 0. The lowest BCUT2D eigenvalue weighted by Crippen LogP contribution is -2.43. The van der Waals surface area contributed by atoms with Crippen LogP contribution in [0.5, 0.6) is 5.75 Å². The van der Waals surface area contributed by atoms with Crippen molar-refractivity contribution in [2.75, 3.05) is 45.9 Å². The molecule has 2 fully saturated rings. The number of para-hydroxylation sites is 1. The van der Waals surface area contributed by atoms with Crippen LogP contribution in [0.1, 0.15) is 33.6 Å². The van der Waals surface area contributed by atoms with Crippen LogP contribution >= 0.6 is 0 Å². The first-order valence-electron chi connectivity index (χ1n) is 11.0. The van der Waals surface area contributed by atoms with Crippen LogP contribution in [0.25, 0.3) is 0 Å². The molecule has 2 saturated heterocycles. The maximum atomic E-state index is 13.0. The number of nitrogens with zero attached hydrogens (tertiary/aromatic N) is 3. The van der Waals surface area contributed by atoms with Crippen molar-refractivity contribution >= 4 is 11.9 Å². The van der Waals surface area contributed by atoms with Gasteiger partial charge in [0.1, 0.15) is 5.75 Å². The first kappa shape index (κ1) is 21.5. The molecule has 29 heavy (non-hydrogen) atoms. The summed E-state index contributed by atoms with van der Waals surface area (Å²) in [5.74, 6) is 2.32. The number of ether oxygens (including phenoxy) is 1. The van der Waals surface area contributed by atoms with Crippen LogP contribution in [0.3, 0.4) is 0 Å². The number of amides is 3. The molecule has 0 spiro atoms. The fraction of sp³-hybridized carbons (Fsp3) is 0.652. The predicted octanol–water partition coefficient (Wildman–Crippen LogP) is 3.33. The molecular weight excluding hydrogens is 366 g/mol. The summed E-state index contributed by atoms with van der Waals surface area (Å²) >= 11 is 0. The van der Waals surface area contributed by atoms with E-state index >= 15 is 0 Å². The van der Waals surface area contributed by atoms with Gasteiger partial charge in [-0.2, -0.15) is 0 Å². The third-order valence-corrected chi connectivity index (χ3v) is 6.59. The maximum absolute atomic E-state index is 13.0. The molecular formula is C23H35N3O3. The minimum Gasteiger partial charge on any atom is -0.493 e. The van der Waals surface area contributed by atoms with E-state index in [0.717, 1.165) is 57.9 Å². The van der Waals surface area contributed by atoms with Gasteiger partial charge in [-0.15, -0.1) is 0 Å². The van der Waals surface area contributed by atoms with Crippen LogP contribution in [0.15, 0.2) is 30.3 Å². The second kappa shape index (κ2) is 9.99. The van der Waals surface area contributed by atoms with E-state index in [1.165, 1.54) is 0 Å². The molecule has 6 heteroatoms. The lowest BCUT2D eigenvalue weighted by Gasteiger charge is -2.36. The van der Waals surface area contributed by atoms with E-state index in [1.807, 2.05) is 58.9 Å². The van der Waals surface area contributed by atoms with Crippen molar-refractivity contribution in [3.05, 3.63) is 30.3 Å². The van der Waals surface area contributed by atoms with E-state index < -0.39 is 0 Å². The summed E-state index contributed by atoms with van der Waals surface area (Å²) in [5, 5.41) is 0. The van der Waals surface area contributed by atoms with Gasteiger partial charge < -0.3 is 19.4 Å². The van der Waals surface area contributed by atoms with Gasteiger partial charge in [-0.05, 0) is 50.7 Å². The van der Waals surface area contributed by atoms with Crippen molar-refractivity contribution < 1.29 is 14.3 Å². The summed E-state index contributed by atoms with van der Waals surface area (Å²) in [6, 6.07) is 10.0. The minimum atomic E-state index is 0.142. The van der Waals surface area contributed by atoms with Crippen molar-refractivity contribution in [1.29, 1.82) is 0 Å². The highest BCUT2D eigenvalue weighted by molar-refractivity contribution is 5.75. The number of likely N-dealkylation sites (tertiary alicyclic amines) is 2. The largest absolute Gasteiger partial charge is 0.493 e. The van der Waals surface area contributed by atoms with Crippen molar-refractivity contribution in [2.45, 2.75) is 33.6 Å². The molecule has 6 nitrogen and oxygen atoms in total. The van der Waals surface area contributed by atoms with E-state index in [4.69, 9.17) is 4.74 Å². The van der Waals surface area contributed by atoms with E-state index in [1.54, 1.807) is 6.92 Å². The van der Waals surface area contributed by atoms with Crippen molar-refractivity contribution in [1.82, 2.24) is 14.7 Å². The summed E-state index contributed by atoms with van der Waals surface area (Å²) < 4.78 is 6.10. The molecule has 2 unspecified atom stereocenters. The number of hydrogen-bond acceptors (Lipinski definition) is 3. The Bertz CT molecular complexity index is 669. The van der Waals surface area contributed by atoms with Gasteiger partial charge in [0.2, 0.25) is 5.91 Å². The Morgan fingerprint density at radius 1 is 1.03 bits per heavy atom. The fourth-order valence-corrected chi connectivity index (χ4v) is 4.82. The second-order valence-corrected chi connectivity index (χ2v) is 8.25. The predicted molar refractivity (Wildman–Crippen MR) is 114 cm³/mol. The highest BCUT2D eigenvalue weighted by atomic mass is 16.5. The zero-order chi connectivity index (χ0) is 20.8. The lowest BCUT2D eigenvalue weighted by atomic mass is 9.78. The Kier molecular flexibility index (Phi) is 7.40. The fourth-order valence-electron chi connectivity index (χ4n) is 4.82. The number of carbonyl (C=O) groups is 2. The molecule has 0 radical (unpaired) electrons. The number of benzene rings is 1. The minimum absolute atomic E-state index is 0.142. The van der Waals surface area contributed by atoms with Crippen LogP contribution in [0.2, 0.25) is 0 Å². The van der Waals surface area contributed by atoms with E-state index in [9.17, 15) is 9.59 Å². The molecule has 2 heterocycles. The zero-order valence-corrected chi connectivity index (χ0v) is 18.0. The lowest BCUT2D eigenvalue weighted by molar-refractivity contribution is -0.130. The average molecular weight is 402 g/mol. The molecule has 0 saturated carbocycles. The normalized spacial score (nSPS) is 22.6. The van der Waals surface area contributed by atoms with Crippen LogP contribution in [0, 0.1) is 17.8 Å². The molecule has 160 valence electrons. The molecule has 1 aromatic rings. The molecule has 2 aliphatic rings. The quantitative estimate of drug-likeness (QED) is 0.735. The average Bonchev–Trinajstić information content (AvgIpc) is 3.18. The number of rotatable bonds is 6. The molecule has 0 aromatic heterocycles. The number of carbonyl (C=O) groups excluding carboxylic acids is 2. The molecule has 2 atom stereocenters. The first-order chi connectivity index (χ1) is 14.0. The van der Waals surface area contributed by atoms with E-state index in [-0.39, 0.29) is 11.9 Å². The van der Waals surface area contributed by atoms with Crippen LogP contribution in [-0.4, -0.2) is 72.5 Å². The SMILES string of the molecule is CCN(CC)C(=O)N1CC(COc2ccccc2)C(C2CCN(C(C)=O)CC2)C1. The van der Waals surface area contributed by atoms with Crippen molar-refractivity contribution in [3.63, 3.8) is 0 Å². The molecule has 0 N–H and O–H groups in total. The van der Waals surface area contributed by atoms with Gasteiger partial charge in [-0.3, -0.25) is 4.79 Å². The van der Waals surface area contributed by atoms with Crippen LogP contribution in [-0.2, 0) is 4.79 Å². The first-order valence-corrected chi connectivity index (χ1v) is 11.0. The second-order valence-electron chi connectivity index (χ2n) is 8.25. The van der Waals surface area contributed by atoms with Crippen LogP contribution < -0.4 is 4.74 Å². The summed E-state index contributed by atoms with van der Waals surface area (Å²) in [7, 11) is 0. The van der Waals surface area contributed by atoms with Gasteiger partial charge in [0.25, 0.3) is 0 Å². The molecule has 0 aliphatic carbocycles. The summed E-state index contributed by atoms with van der Waals surface area (Å²) in [4.78, 5) is 30.5. The molecule has 0 bridgehead atoms. The summed E-state index contributed by atoms with van der Waals surface area (Å²) in [6.45, 7) is 11.0. The van der Waals surface area contributed by atoms with E-state index in [0.29, 0.717) is 24.4 Å². The third kappa shape index (κ3) is 5.22. The highest BCUT2D eigenvalue weighted by Crippen LogP contribution is 2.36. The third-order valence-electron chi connectivity index (χ3n) is 6.59. The zero-order valence-electron chi connectivity index (χ0n) is 18.0. The van der Waals surface area contributed by atoms with Gasteiger partial charge in [-0.1, -0.05) is 18.2 Å².